The Morgan fingerprint density at radius 3 is 2.71 bits per heavy atom. The number of hydrogen-bond acceptors (Lipinski definition) is 3. The number of aromatic amines is 1. The van der Waals surface area contributed by atoms with Gasteiger partial charge in [0, 0.05) is 0 Å². The van der Waals surface area contributed by atoms with E-state index >= 15 is 0 Å². The van der Waals surface area contributed by atoms with Gasteiger partial charge in [0.05, 0.1) is 6.20 Å². The first kappa shape index (κ1) is 13.5. The predicted molar refractivity (Wildman–Crippen MR) is 43.8 cm³/mol. The van der Waals surface area contributed by atoms with Gasteiger partial charge in [-0.3, -0.25) is 4.79 Å². The van der Waals surface area contributed by atoms with E-state index in [1.807, 2.05) is 0 Å². The largest absolute Gasteiger partial charge is 1.00 e. The van der Waals surface area contributed by atoms with Crippen LogP contribution in [0.2, 0.25) is 0 Å². The van der Waals surface area contributed by atoms with Crippen LogP contribution in [0.1, 0.15) is 7.12 Å². The van der Waals surface area contributed by atoms with Crippen LogP contribution in [-0.2, 0) is 4.79 Å². The first-order chi connectivity index (χ1) is 6.02. The number of carboxylic acid groups (broad SMARTS) is 1. The molecule has 1 aromatic rings. The Kier molecular flexibility index (Phi) is 5.23. The van der Waals surface area contributed by atoms with Gasteiger partial charge in [-0.1, -0.05) is 6.58 Å². The minimum atomic E-state index is -1.31. The summed E-state index contributed by atoms with van der Waals surface area (Å²) in [5.74, 6) is -1.31. The van der Waals surface area contributed by atoms with Gasteiger partial charge in [0.25, 0.3) is 0 Å². The average molecular weight is 222 g/mol. The van der Waals surface area contributed by atoms with Crippen molar-refractivity contribution in [1.82, 2.24) is 4.98 Å². The summed E-state index contributed by atoms with van der Waals surface area (Å²) in [5.41, 5.74) is -1.16. The topological polar surface area (TPSA) is 97.1 Å². The number of aliphatic carboxylic acids is 1. The number of H-pyrrole nitrogens is 1. The number of aromatic nitrogens is 2. The number of hydrogen-bond donors (Lipinski definition) is 2. The molecule has 0 spiro atoms. The Hall–Kier alpha value is -0.474. The molecule has 0 saturated heterocycles. The maximum absolute atomic E-state index is 11.0. The third-order valence-corrected chi connectivity index (χ3v) is 1.39. The Bertz CT molecular complexity index is 431. The minimum Gasteiger partial charge on any atom is -1.00 e. The molecular weight excluding hydrogens is 215 g/mol. The Morgan fingerprint density at radius 1 is 1.71 bits per heavy atom. The van der Waals surface area contributed by atoms with E-state index in [1.54, 1.807) is 0 Å². The molecule has 0 aromatic carbocycles. The first-order valence-electron chi connectivity index (χ1n) is 3.27. The van der Waals surface area contributed by atoms with Gasteiger partial charge in [-0.05, 0) is 0 Å². The van der Waals surface area contributed by atoms with Gasteiger partial charge in [-0.15, -0.1) is 0 Å². The van der Waals surface area contributed by atoms with Crippen molar-refractivity contribution >= 4 is 11.5 Å². The van der Waals surface area contributed by atoms with E-state index in [9.17, 15) is 14.8 Å². The van der Waals surface area contributed by atoms with Crippen molar-refractivity contribution in [2.24, 2.45) is 0 Å². The molecule has 2 N–H and O–H groups in total. The van der Waals surface area contributed by atoms with Crippen molar-refractivity contribution in [2.75, 3.05) is 0 Å². The summed E-state index contributed by atoms with van der Waals surface area (Å²) in [7, 11) is 0. The normalized spacial score (nSPS) is 8.86. The number of nitrogens with zero attached hydrogens (tertiary/aromatic N) is 1. The van der Waals surface area contributed by atoms with Gasteiger partial charge in [0.2, 0.25) is 11.9 Å². The first-order valence-corrected chi connectivity index (χ1v) is 3.27. The molecule has 0 radical (unpaired) electrons. The van der Waals surface area contributed by atoms with Crippen molar-refractivity contribution in [3.05, 3.63) is 40.2 Å². The molecule has 0 aliphatic carbocycles. The van der Waals surface area contributed by atoms with Crippen molar-refractivity contribution in [1.29, 1.82) is 0 Å². The van der Waals surface area contributed by atoms with Gasteiger partial charge >= 0.3 is 62.9 Å². The zero-order valence-corrected chi connectivity index (χ0v) is 10.6. The van der Waals surface area contributed by atoms with Crippen LogP contribution in [0.5, 0.6) is 0 Å². The summed E-state index contributed by atoms with van der Waals surface area (Å²) in [6, 6.07) is 0. The summed E-state index contributed by atoms with van der Waals surface area (Å²) in [5, 5.41) is 19.4. The zero-order valence-electron chi connectivity index (χ0n) is 8.48. The maximum atomic E-state index is 11.0. The monoisotopic (exact) mass is 222 g/mol. The van der Waals surface area contributed by atoms with Crippen LogP contribution in [0.4, 0.5) is 0 Å². The fourth-order valence-electron chi connectivity index (χ4n) is 0.746. The third kappa shape index (κ3) is 3.03. The quantitative estimate of drug-likeness (QED) is 0.232. The van der Waals surface area contributed by atoms with Gasteiger partial charge in [0.1, 0.15) is 5.57 Å². The van der Waals surface area contributed by atoms with Crippen molar-refractivity contribution in [3.8, 4) is 0 Å². The number of carbonyl (C=O) groups is 1. The summed E-state index contributed by atoms with van der Waals surface area (Å²) >= 11 is 0. The minimum absolute atomic E-state index is 0. The second-order valence-electron chi connectivity index (χ2n) is 2.28. The molecule has 0 unspecified atom stereocenters. The van der Waals surface area contributed by atoms with E-state index in [0.717, 1.165) is 6.20 Å². The molecule has 0 aliphatic rings. The Morgan fingerprint density at radius 2 is 2.29 bits per heavy atom. The molecule has 1 heterocycles. The molecule has 7 heteroatoms. The Balaban J connectivity index is 0. The number of carboxylic acids is 1. The second-order valence-corrected chi connectivity index (χ2v) is 2.28. The molecule has 0 fully saturated rings. The summed E-state index contributed by atoms with van der Waals surface area (Å²) in [6.45, 7) is 3.17. The molecule has 0 atom stereocenters. The predicted octanol–water partition coefficient (Wildman–Crippen LogP) is -3.78. The summed E-state index contributed by atoms with van der Waals surface area (Å²) in [4.78, 5) is 23.2. The SMILES string of the molecule is C=C(C(=O)O)c1c[nH]c(=O)c[n+]1[O-].[H-].[K+]. The van der Waals surface area contributed by atoms with Crippen LogP contribution in [0.25, 0.3) is 5.57 Å². The Labute approximate surface area is 123 Å². The third-order valence-electron chi connectivity index (χ3n) is 1.39. The number of nitrogens with one attached hydrogen (secondary N) is 1. The van der Waals surface area contributed by atoms with Crippen LogP contribution >= 0.6 is 0 Å². The maximum Gasteiger partial charge on any atom is 1.00 e. The molecule has 0 amide bonds. The smallest absolute Gasteiger partial charge is 1.00 e. The zero-order chi connectivity index (χ0) is 10.0. The van der Waals surface area contributed by atoms with Crippen LogP contribution < -0.4 is 61.7 Å². The fourth-order valence-corrected chi connectivity index (χ4v) is 0.746. The fraction of sp³-hybridized carbons (Fsp3) is 0. The van der Waals surface area contributed by atoms with Crippen LogP contribution in [0, 0.1) is 5.21 Å². The van der Waals surface area contributed by atoms with Crippen LogP contribution in [0.15, 0.2) is 23.8 Å². The molecule has 14 heavy (non-hydrogen) atoms. The molecule has 70 valence electrons. The molecule has 1 aromatic heterocycles. The van der Waals surface area contributed by atoms with E-state index < -0.39 is 11.5 Å². The van der Waals surface area contributed by atoms with Gasteiger partial charge in [-0.25, -0.2) is 4.79 Å². The standard InChI is InChI=1S/C7H6N2O4.K.H/c1-4(7(11)12)5-2-8-6(10)3-9(5)13;;/h2-3H,1H2,(H,8,10)(H,11,12);;/q;+1;-1. The molecule has 0 bridgehead atoms. The molecule has 0 saturated carbocycles. The second kappa shape index (κ2) is 5.42. The average Bonchev–Trinajstić information content (AvgIpc) is 2.03. The summed E-state index contributed by atoms with van der Waals surface area (Å²) < 4.78 is 0.162. The molecule has 0 aliphatic heterocycles. The number of rotatable bonds is 2. The van der Waals surface area contributed by atoms with E-state index in [4.69, 9.17) is 5.11 Å². The van der Waals surface area contributed by atoms with Crippen molar-refractivity contribution < 1.29 is 67.4 Å². The van der Waals surface area contributed by atoms with E-state index in [0.29, 0.717) is 6.20 Å². The van der Waals surface area contributed by atoms with E-state index in [1.165, 1.54) is 0 Å². The van der Waals surface area contributed by atoms with Gasteiger partial charge in [0.15, 0.2) is 0 Å². The van der Waals surface area contributed by atoms with Crippen molar-refractivity contribution in [2.45, 2.75) is 0 Å². The van der Waals surface area contributed by atoms with E-state index in [2.05, 4.69) is 11.6 Å². The van der Waals surface area contributed by atoms with E-state index in [-0.39, 0.29) is 68.8 Å². The molecular formula is C7H7KN2O4. The summed E-state index contributed by atoms with van der Waals surface area (Å²) in [6.07, 6.45) is 1.70. The van der Waals surface area contributed by atoms with Gasteiger partial charge in [-0.2, -0.15) is 4.73 Å². The van der Waals surface area contributed by atoms with Crippen LogP contribution in [0.3, 0.4) is 0 Å². The molecule has 1 rings (SSSR count). The molecule has 6 nitrogen and oxygen atoms in total. The van der Waals surface area contributed by atoms with Crippen LogP contribution in [-0.4, -0.2) is 16.1 Å². The van der Waals surface area contributed by atoms with Gasteiger partial charge < -0.3 is 16.7 Å². The van der Waals surface area contributed by atoms with Crippen molar-refractivity contribution in [3.63, 3.8) is 0 Å².